The fourth-order valence-corrected chi connectivity index (χ4v) is 6.46. The number of alkyl halides is 3. The van der Waals surface area contributed by atoms with E-state index in [1.165, 1.54) is 27.8 Å². The quantitative estimate of drug-likeness (QED) is 0.204. The van der Waals surface area contributed by atoms with Crippen molar-refractivity contribution in [1.29, 1.82) is 0 Å². The maximum atomic E-state index is 12.7. The lowest BCUT2D eigenvalue weighted by atomic mass is 9.90. The summed E-state index contributed by atoms with van der Waals surface area (Å²) < 4.78 is 62.0. The highest BCUT2D eigenvalue weighted by Gasteiger charge is 2.30. The van der Waals surface area contributed by atoms with Gasteiger partial charge in [-0.05, 0) is 153 Å². The van der Waals surface area contributed by atoms with Crippen molar-refractivity contribution in [2.24, 2.45) is 5.92 Å². The molecular weight excluding hydrogens is 706 g/mol. The molecule has 0 bridgehead atoms. The molecule has 2 atom stereocenters. The number of hydrogen-bond acceptors (Lipinski definition) is 5. The first-order valence-corrected chi connectivity index (χ1v) is 17.7. The summed E-state index contributed by atoms with van der Waals surface area (Å²) >= 11 is 2.28. The van der Waals surface area contributed by atoms with Gasteiger partial charge in [-0.2, -0.15) is 13.2 Å². The van der Waals surface area contributed by atoms with Gasteiger partial charge in [-0.25, -0.2) is 0 Å². The smallest absolute Gasteiger partial charge is 0.416 e. The topological polar surface area (TPSA) is 40.2 Å². The lowest BCUT2D eigenvalue weighted by Gasteiger charge is -2.34. The van der Waals surface area contributed by atoms with Crippen LogP contribution in [-0.4, -0.2) is 38.9 Å². The fraction of sp³-hybridized carbons (Fsp3) is 0.514. The van der Waals surface area contributed by atoms with Crippen LogP contribution >= 0.6 is 22.6 Å². The van der Waals surface area contributed by atoms with Crippen LogP contribution in [0.15, 0.2) is 72.8 Å². The van der Waals surface area contributed by atoms with Gasteiger partial charge in [-0.15, -0.1) is 0 Å². The first kappa shape index (κ1) is 34.8. The van der Waals surface area contributed by atoms with E-state index in [0.717, 1.165) is 108 Å². The molecule has 9 heteroatoms. The Balaban J connectivity index is 0.000000247. The molecule has 3 aliphatic rings. The third-order valence-corrected chi connectivity index (χ3v) is 9.52. The van der Waals surface area contributed by atoms with E-state index >= 15 is 0 Å². The molecule has 0 radical (unpaired) electrons. The van der Waals surface area contributed by atoms with Crippen LogP contribution in [0.4, 0.5) is 18.9 Å². The number of piperidine rings is 1. The van der Waals surface area contributed by atoms with E-state index in [9.17, 15) is 13.2 Å². The van der Waals surface area contributed by atoms with E-state index in [1.54, 1.807) is 12.1 Å². The summed E-state index contributed by atoms with van der Waals surface area (Å²) in [5, 5.41) is 0. The van der Waals surface area contributed by atoms with Crippen LogP contribution in [-0.2, 0) is 22.1 Å². The first-order chi connectivity index (χ1) is 22.3. The normalized spacial score (nSPS) is 20.8. The maximum absolute atomic E-state index is 12.7. The Morgan fingerprint density at radius 2 is 1.24 bits per heavy atom. The molecule has 2 unspecified atom stereocenters. The standard InChI is InChI=1S/C26H32F3NO2.C11H13IO2/c27-26(28,29)22-9-7-20(8-10-22)4-3-5-21-15-17-30(18-16-21)23-11-13-24(14-12-23)32-25-6-1-2-19-31-25;12-9-4-6-10(7-5-9)14-11-3-1-2-8-13-11/h7-14,21,25H,1-6,15-19H2;4-7,11H,1-3,8H2. The molecule has 0 aromatic heterocycles. The molecule has 0 saturated carbocycles. The van der Waals surface area contributed by atoms with Gasteiger partial charge in [-0.3, -0.25) is 0 Å². The zero-order valence-electron chi connectivity index (χ0n) is 26.4. The highest BCUT2D eigenvalue weighted by atomic mass is 127. The number of nitrogens with zero attached hydrogens (tertiary/aromatic N) is 1. The number of hydrogen-bond donors (Lipinski definition) is 0. The second kappa shape index (κ2) is 17.6. The average Bonchev–Trinajstić information content (AvgIpc) is 3.08. The Morgan fingerprint density at radius 3 is 1.74 bits per heavy atom. The number of halogens is 4. The molecule has 3 heterocycles. The van der Waals surface area contributed by atoms with Crippen molar-refractivity contribution >= 4 is 28.3 Å². The van der Waals surface area contributed by atoms with E-state index in [4.69, 9.17) is 18.9 Å². The zero-order valence-corrected chi connectivity index (χ0v) is 28.5. The summed E-state index contributed by atoms with van der Waals surface area (Å²) in [6.45, 7) is 3.69. The molecule has 250 valence electrons. The van der Waals surface area contributed by atoms with Crippen LogP contribution < -0.4 is 14.4 Å². The van der Waals surface area contributed by atoms with Crippen molar-refractivity contribution in [2.75, 3.05) is 31.2 Å². The lowest BCUT2D eigenvalue weighted by Crippen LogP contribution is -2.33. The van der Waals surface area contributed by atoms with Gasteiger partial charge in [-0.1, -0.05) is 12.1 Å². The van der Waals surface area contributed by atoms with Gasteiger partial charge in [0.25, 0.3) is 0 Å². The van der Waals surface area contributed by atoms with Crippen LogP contribution in [0.3, 0.4) is 0 Å². The number of benzene rings is 3. The summed E-state index contributed by atoms with van der Waals surface area (Å²) in [5.74, 6) is 2.45. The van der Waals surface area contributed by atoms with E-state index in [2.05, 4.69) is 39.6 Å². The molecule has 3 aromatic rings. The minimum Gasteiger partial charge on any atom is -0.465 e. The second-order valence-corrected chi connectivity index (χ2v) is 13.5. The Kier molecular flexibility index (Phi) is 13.3. The molecule has 0 aliphatic carbocycles. The summed E-state index contributed by atoms with van der Waals surface area (Å²) in [5.41, 5.74) is 1.64. The average molecular weight is 752 g/mol. The van der Waals surface area contributed by atoms with E-state index in [1.807, 2.05) is 36.4 Å². The predicted molar refractivity (Wildman–Crippen MR) is 183 cm³/mol. The number of anilines is 1. The van der Waals surface area contributed by atoms with Crippen molar-refractivity contribution in [2.45, 2.75) is 89.4 Å². The Bertz CT molecular complexity index is 1280. The van der Waals surface area contributed by atoms with Crippen molar-refractivity contribution < 1.29 is 32.1 Å². The van der Waals surface area contributed by atoms with Crippen LogP contribution in [0.5, 0.6) is 11.5 Å². The molecule has 0 amide bonds. The summed E-state index contributed by atoms with van der Waals surface area (Å²) in [6, 6.07) is 22.0. The minimum absolute atomic E-state index is 0.0381. The molecule has 3 aliphatic heterocycles. The van der Waals surface area contributed by atoms with Gasteiger partial charge in [0.1, 0.15) is 11.5 Å². The van der Waals surface area contributed by atoms with Gasteiger partial charge in [0.2, 0.25) is 0 Å². The van der Waals surface area contributed by atoms with Crippen LogP contribution in [0, 0.1) is 9.49 Å². The molecule has 5 nitrogen and oxygen atoms in total. The van der Waals surface area contributed by atoms with Crippen LogP contribution in [0.2, 0.25) is 0 Å². The minimum atomic E-state index is -4.26. The summed E-state index contributed by atoms with van der Waals surface area (Å²) in [7, 11) is 0. The monoisotopic (exact) mass is 751 g/mol. The van der Waals surface area contributed by atoms with Gasteiger partial charge in [0.05, 0.1) is 18.8 Å². The first-order valence-electron chi connectivity index (χ1n) is 16.6. The van der Waals surface area contributed by atoms with Crippen molar-refractivity contribution in [3.8, 4) is 11.5 Å². The van der Waals surface area contributed by atoms with Crippen molar-refractivity contribution in [1.82, 2.24) is 0 Å². The highest BCUT2D eigenvalue weighted by molar-refractivity contribution is 14.1. The lowest BCUT2D eigenvalue weighted by molar-refractivity contribution is -0.137. The third kappa shape index (κ3) is 11.3. The predicted octanol–water partition coefficient (Wildman–Crippen LogP) is 10.0. The number of aryl methyl sites for hydroxylation is 1. The van der Waals surface area contributed by atoms with E-state index in [0.29, 0.717) is 5.92 Å². The Labute approximate surface area is 284 Å². The van der Waals surface area contributed by atoms with Crippen LogP contribution in [0.25, 0.3) is 0 Å². The van der Waals surface area contributed by atoms with Gasteiger partial charge >= 0.3 is 6.18 Å². The number of ether oxygens (including phenoxy) is 4. The van der Waals surface area contributed by atoms with Gasteiger partial charge < -0.3 is 23.8 Å². The molecule has 6 rings (SSSR count). The summed E-state index contributed by atoms with van der Waals surface area (Å²) in [4.78, 5) is 2.42. The van der Waals surface area contributed by atoms with Crippen molar-refractivity contribution in [3.63, 3.8) is 0 Å². The molecule has 3 aromatic carbocycles. The van der Waals surface area contributed by atoms with Crippen molar-refractivity contribution in [3.05, 3.63) is 87.5 Å². The highest BCUT2D eigenvalue weighted by Crippen LogP contribution is 2.31. The molecule has 0 spiro atoms. The van der Waals surface area contributed by atoms with Gasteiger partial charge in [0.15, 0.2) is 12.6 Å². The Hall–Kier alpha value is -2.50. The molecule has 3 fully saturated rings. The Morgan fingerprint density at radius 1 is 0.696 bits per heavy atom. The van der Waals surface area contributed by atoms with E-state index < -0.39 is 11.7 Å². The fourth-order valence-electron chi connectivity index (χ4n) is 6.10. The number of rotatable bonds is 9. The third-order valence-electron chi connectivity index (χ3n) is 8.80. The maximum Gasteiger partial charge on any atom is 0.416 e. The largest absolute Gasteiger partial charge is 0.465 e. The summed E-state index contributed by atoms with van der Waals surface area (Å²) in [6.07, 6.45) is 7.47. The van der Waals surface area contributed by atoms with Crippen LogP contribution in [0.1, 0.15) is 75.3 Å². The second-order valence-electron chi connectivity index (χ2n) is 12.3. The zero-order chi connectivity index (χ0) is 32.2. The molecule has 3 saturated heterocycles. The van der Waals surface area contributed by atoms with E-state index in [-0.39, 0.29) is 12.6 Å². The molecule has 46 heavy (non-hydrogen) atoms. The SMILES string of the molecule is FC(F)(F)c1ccc(CCCC2CCN(c3ccc(OC4CCCCO4)cc3)CC2)cc1.Ic1ccc(OC2CCCCO2)cc1. The molecule has 0 N–H and O–H groups in total. The molecular formula is C37H45F3INO4. The van der Waals surface area contributed by atoms with Gasteiger partial charge in [0, 0.05) is 35.2 Å².